The quantitative estimate of drug-likeness (QED) is 0.0277. The van der Waals surface area contributed by atoms with Gasteiger partial charge in [0, 0.05) is 0 Å². The Hall–Kier alpha value is -1.15. The summed E-state index contributed by atoms with van der Waals surface area (Å²) < 4.78 is 11.0. The molecule has 0 saturated carbocycles. The molecule has 1 rings (SSSR count). The Labute approximate surface area is 322 Å². The fourth-order valence-electron chi connectivity index (χ4n) is 6.90. The van der Waals surface area contributed by atoms with Crippen LogP contribution in [0.15, 0.2) is 12.2 Å². The second-order valence-corrected chi connectivity index (χ2v) is 15.4. The van der Waals surface area contributed by atoms with Crippen LogP contribution in [-0.4, -0.2) is 110 Å². The summed E-state index contributed by atoms with van der Waals surface area (Å²) in [5.74, 6) is -0.706. The van der Waals surface area contributed by atoms with E-state index in [1.54, 1.807) is 0 Å². The van der Waals surface area contributed by atoms with E-state index in [4.69, 9.17) is 9.47 Å². The lowest BCUT2D eigenvalue weighted by Gasteiger charge is -2.40. The van der Waals surface area contributed by atoms with Crippen molar-refractivity contribution in [3.63, 3.8) is 0 Å². The minimum absolute atomic E-state index is 0.254. The number of carbonyl (C=O) groups is 1. The van der Waals surface area contributed by atoms with Crippen molar-refractivity contribution in [2.24, 2.45) is 0 Å². The molecule has 11 heteroatoms. The molecule has 9 unspecified atom stereocenters. The first-order valence-corrected chi connectivity index (χ1v) is 21.6. The number of hydrogen-bond donors (Lipinski definition) is 8. The average molecular weight is 760 g/mol. The van der Waals surface area contributed by atoms with Gasteiger partial charge in [-0.15, -0.1) is 0 Å². The van der Waals surface area contributed by atoms with Gasteiger partial charge in [0.2, 0.25) is 5.91 Å². The Balaban J connectivity index is 2.37. The highest BCUT2D eigenvalue weighted by atomic mass is 16.7. The number of allylic oxidation sites excluding steroid dienone is 2. The number of nitrogens with one attached hydrogen (secondary N) is 1. The van der Waals surface area contributed by atoms with Gasteiger partial charge in [-0.1, -0.05) is 154 Å². The number of carbonyl (C=O) groups excluding carboxylic acids is 1. The first kappa shape index (κ1) is 49.9. The molecule has 1 saturated heterocycles. The van der Waals surface area contributed by atoms with Crippen LogP contribution in [0.1, 0.15) is 181 Å². The SMILES string of the molecule is CCCCCCCCCCCC/C=C\CCCCCCCCC(O)C(=O)NC(COC1OC(CO)C(O)C(O)C1O)C(O)C(O)CCCCCCCC. The highest BCUT2D eigenvalue weighted by molar-refractivity contribution is 5.80. The maximum Gasteiger partial charge on any atom is 0.249 e. The molecule has 11 nitrogen and oxygen atoms in total. The van der Waals surface area contributed by atoms with E-state index in [1.807, 2.05) is 0 Å². The topological polar surface area (TPSA) is 189 Å². The lowest BCUT2D eigenvalue weighted by Crippen LogP contribution is -2.60. The molecule has 0 spiro atoms. The largest absolute Gasteiger partial charge is 0.394 e. The van der Waals surface area contributed by atoms with Crippen molar-refractivity contribution >= 4 is 5.91 Å². The zero-order valence-corrected chi connectivity index (χ0v) is 33.5. The number of rotatable bonds is 35. The predicted octanol–water partition coefficient (Wildman–Crippen LogP) is 6.11. The van der Waals surface area contributed by atoms with Gasteiger partial charge in [0.05, 0.1) is 25.4 Å². The Kier molecular flexibility index (Phi) is 31.1. The monoisotopic (exact) mass is 760 g/mol. The smallest absolute Gasteiger partial charge is 0.249 e. The van der Waals surface area contributed by atoms with Crippen LogP contribution in [0, 0.1) is 0 Å². The van der Waals surface area contributed by atoms with Gasteiger partial charge in [0.25, 0.3) is 0 Å². The van der Waals surface area contributed by atoms with Crippen molar-refractivity contribution < 1.29 is 50.0 Å². The molecule has 1 aliphatic heterocycles. The lowest BCUT2D eigenvalue weighted by atomic mass is 9.98. The molecule has 0 aromatic carbocycles. The van der Waals surface area contributed by atoms with Gasteiger partial charge in [-0.3, -0.25) is 4.79 Å². The number of amides is 1. The van der Waals surface area contributed by atoms with E-state index in [9.17, 15) is 40.5 Å². The summed E-state index contributed by atoms with van der Waals surface area (Å²) in [6.07, 6.45) is 21.7. The van der Waals surface area contributed by atoms with Crippen molar-refractivity contribution in [1.82, 2.24) is 5.32 Å². The van der Waals surface area contributed by atoms with Gasteiger partial charge < -0.3 is 50.5 Å². The van der Waals surface area contributed by atoms with E-state index < -0.39 is 74.2 Å². The molecular formula is C42H81NO10. The summed E-state index contributed by atoms with van der Waals surface area (Å²) in [4.78, 5) is 13.0. The number of ether oxygens (including phenoxy) is 2. The van der Waals surface area contributed by atoms with Crippen LogP contribution in [0.5, 0.6) is 0 Å². The standard InChI is InChI=1S/C42H81NO10/c1-3-5-7-9-11-12-13-14-15-16-17-18-19-20-21-22-23-24-26-28-30-35(46)41(51)43-33(37(47)34(45)29-27-25-10-8-6-4-2)32-52-42-40(50)39(49)38(48)36(31-44)53-42/h18-19,33-40,42,44-50H,3-17,20-32H2,1-2H3,(H,43,51)/b19-18-. The Morgan fingerprint density at radius 3 is 1.58 bits per heavy atom. The summed E-state index contributed by atoms with van der Waals surface area (Å²) in [5, 5.41) is 75.0. The third-order valence-corrected chi connectivity index (χ3v) is 10.6. The summed E-state index contributed by atoms with van der Waals surface area (Å²) in [6, 6.07) is -1.16. The predicted molar refractivity (Wildman–Crippen MR) is 210 cm³/mol. The van der Waals surface area contributed by atoms with Crippen LogP contribution < -0.4 is 5.32 Å². The highest BCUT2D eigenvalue weighted by Gasteiger charge is 2.44. The van der Waals surface area contributed by atoms with E-state index >= 15 is 0 Å². The van der Waals surface area contributed by atoms with Crippen molar-refractivity contribution in [2.45, 2.75) is 236 Å². The Morgan fingerprint density at radius 1 is 0.642 bits per heavy atom. The van der Waals surface area contributed by atoms with Crippen molar-refractivity contribution in [1.29, 1.82) is 0 Å². The fraction of sp³-hybridized carbons (Fsp3) is 0.929. The van der Waals surface area contributed by atoms with Crippen LogP contribution in [0.3, 0.4) is 0 Å². The van der Waals surface area contributed by atoms with Crippen LogP contribution in [0.2, 0.25) is 0 Å². The van der Waals surface area contributed by atoms with Gasteiger partial charge in [0.1, 0.15) is 36.6 Å². The zero-order valence-electron chi connectivity index (χ0n) is 33.5. The van der Waals surface area contributed by atoms with E-state index in [0.717, 1.165) is 64.2 Å². The van der Waals surface area contributed by atoms with Crippen LogP contribution in [0.4, 0.5) is 0 Å². The maximum absolute atomic E-state index is 13.0. The van der Waals surface area contributed by atoms with E-state index in [-0.39, 0.29) is 6.42 Å². The number of hydrogen-bond acceptors (Lipinski definition) is 10. The maximum atomic E-state index is 13.0. The third kappa shape index (κ3) is 23.5. The second kappa shape index (κ2) is 33.0. The van der Waals surface area contributed by atoms with Crippen LogP contribution in [0.25, 0.3) is 0 Å². The minimum atomic E-state index is -1.66. The first-order chi connectivity index (χ1) is 25.7. The molecule has 0 aromatic rings. The van der Waals surface area contributed by atoms with Gasteiger partial charge >= 0.3 is 0 Å². The van der Waals surface area contributed by atoms with Crippen molar-refractivity contribution in [2.75, 3.05) is 13.2 Å². The summed E-state index contributed by atoms with van der Waals surface area (Å²) in [5.41, 5.74) is 0. The third-order valence-electron chi connectivity index (χ3n) is 10.6. The Morgan fingerprint density at radius 2 is 1.09 bits per heavy atom. The molecule has 8 N–H and O–H groups in total. The Bertz CT molecular complexity index is 877. The summed E-state index contributed by atoms with van der Waals surface area (Å²) in [6.45, 7) is 3.34. The van der Waals surface area contributed by atoms with E-state index in [1.165, 1.54) is 77.0 Å². The molecule has 0 aliphatic carbocycles. The number of unbranched alkanes of at least 4 members (excludes halogenated alkanes) is 21. The molecule has 0 radical (unpaired) electrons. The zero-order chi connectivity index (χ0) is 39.1. The molecule has 1 fully saturated rings. The van der Waals surface area contributed by atoms with Crippen LogP contribution in [-0.2, 0) is 14.3 Å². The molecule has 9 atom stereocenters. The molecule has 314 valence electrons. The molecule has 1 amide bonds. The average Bonchev–Trinajstić information content (AvgIpc) is 3.16. The highest BCUT2D eigenvalue weighted by Crippen LogP contribution is 2.23. The minimum Gasteiger partial charge on any atom is -0.394 e. The van der Waals surface area contributed by atoms with Crippen LogP contribution >= 0.6 is 0 Å². The normalized spacial score (nSPS) is 22.9. The first-order valence-electron chi connectivity index (χ1n) is 21.6. The van der Waals surface area contributed by atoms with Gasteiger partial charge in [0.15, 0.2) is 6.29 Å². The van der Waals surface area contributed by atoms with E-state index in [2.05, 4.69) is 31.3 Å². The summed E-state index contributed by atoms with van der Waals surface area (Å²) in [7, 11) is 0. The number of aliphatic hydroxyl groups is 7. The second-order valence-electron chi connectivity index (χ2n) is 15.4. The van der Waals surface area contributed by atoms with Gasteiger partial charge in [-0.2, -0.15) is 0 Å². The lowest BCUT2D eigenvalue weighted by molar-refractivity contribution is -0.303. The van der Waals surface area contributed by atoms with Crippen molar-refractivity contribution in [3.8, 4) is 0 Å². The molecule has 1 heterocycles. The molecule has 53 heavy (non-hydrogen) atoms. The molecule has 0 aromatic heterocycles. The number of aliphatic hydroxyl groups excluding tert-OH is 7. The van der Waals surface area contributed by atoms with Gasteiger partial charge in [-0.05, 0) is 38.5 Å². The summed E-state index contributed by atoms with van der Waals surface area (Å²) >= 11 is 0. The van der Waals surface area contributed by atoms with Crippen molar-refractivity contribution in [3.05, 3.63) is 12.2 Å². The fourth-order valence-corrected chi connectivity index (χ4v) is 6.90. The molecular weight excluding hydrogens is 678 g/mol. The molecule has 0 bridgehead atoms. The van der Waals surface area contributed by atoms with E-state index in [0.29, 0.717) is 19.3 Å². The van der Waals surface area contributed by atoms with Gasteiger partial charge in [-0.25, -0.2) is 0 Å². The molecule has 1 aliphatic rings.